The zero-order chi connectivity index (χ0) is 27.8. The molecule has 0 atom stereocenters. The van der Waals surface area contributed by atoms with Crippen LogP contribution >= 0.6 is 11.6 Å². The Kier molecular flexibility index (Phi) is 9.52. The Bertz CT molecular complexity index is 1460. The van der Waals surface area contributed by atoms with Gasteiger partial charge in [-0.2, -0.15) is 0 Å². The van der Waals surface area contributed by atoms with Crippen molar-refractivity contribution in [2.45, 2.75) is 13.3 Å². The second kappa shape index (κ2) is 13.2. The molecule has 39 heavy (non-hydrogen) atoms. The van der Waals surface area contributed by atoms with Crippen molar-refractivity contribution in [3.63, 3.8) is 0 Å². The molecule has 0 aliphatic carbocycles. The van der Waals surface area contributed by atoms with Crippen LogP contribution in [0.5, 0.6) is 5.88 Å². The van der Waals surface area contributed by atoms with Crippen LogP contribution < -0.4 is 10.1 Å². The lowest BCUT2D eigenvalue weighted by molar-refractivity contribution is -0.123. The molecule has 0 spiro atoms. The highest BCUT2D eigenvalue weighted by molar-refractivity contribution is 6.32. The third kappa shape index (κ3) is 7.13. The molecule has 6 nitrogen and oxygen atoms in total. The second-order valence-corrected chi connectivity index (χ2v) is 9.58. The first kappa shape index (κ1) is 28.1. The third-order valence-corrected chi connectivity index (χ3v) is 6.54. The van der Waals surface area contributed by atoms with Crippen molar-refractivity contribution in [3.05, 3.63) is 107 Å². The molecule has 0 saturated carbocycles. The van der Waals surface area contributed by atoms with Crippen molar-refractivity contribution in [2.24, 2.45) is 0 Å². The van der Waals surface area contributed by atoms with Crippen molar-refractivity contribution >= 4 is 39.6 Å². The number of hydrogen-bond donors (Lipinski definition) is 2. The van der Waals surface area contributed by atoms with E-state index in [-0.39, 0.29) is 11.7 Å². The molecular weight excluding hydrogens is 515 g/mol. The van der Waals surface area contributed by atoms with Crippen molar-refractivity contribution < 1.29 is 13.9 Å². The maximum atomic E-state index is 13.8. The van der Waals surface area contributed by atoms with Gasteiger partial charge in [0.05, 0.1) is 5.02 Å². The number of amides is 1. The van der Waals surface area contributed by atoms with Crippen LogP contribution in [-0.2, 0) is 4.79 Å². The molecule has 2 aromatic carbocycles. The fraction of sp³-hybridized carbons (Fsp3) is 0.226. The maximum Gasteiger partial charge on any atom is 0.245 e. The predicted octanol–water partition coefficient (Wildman–Crippen LogP) is 6.34. The number of rotatable bonds is 11. The van der Waals surface area contributed by atoms with Crippen LogP contribution in [0.25, 0.3) is 22.0 Å². The summed E-state index contributed by atoms with van der Waals surface area (Å²) >= 11 is 6.51. The number of benzene rings is 2. The molecule has 0 aliphatic heterocycles. The van der Waals surface area contributed by atoms with Gasteiger partial charge in [-0.25, -0.2) is 9.37 Å². The molecule has 0 unspecified atom stereocenters. The van der Waals surface area contributed by atoms with E-state index in [1.165, 1.54) is 23.1 Å². The highest BCUT2D eigenvalue weighted by Crippen LogP contribution is 2.38. The number of likely N-dealkylation sites (N-methyl/N-ethyl adjacent to an activating group) is 1. The average Bonchev–Trinajstić information content (AvgIpc) is 3.35. The number of nitrogens with one attached hydrogen (secondary N) is 2. The molecule has 0 saturated heterocycles. The van der Waals surface area contributed by atoms with E-state index < -0.39 is 0 Å². The van der Waals surface area contributed by atoms with E-state index in [1.807, 2.05) is 30.3 Å². The number of allylic oxidation sites excluding steroid dienone is 1. The number of carbonyl (C=O) groups is 1. The Labute approximate surface area is 233 Å². The standard InChI is InChI=1S/C31H32ClFN4O2/c1-4-24(25-13-12-23(33)19-26(25)32)31(28-18-21-8-5-6-9-27(21)36-28)22-11-14-29(35-20-22)39-17-16-34-15-7-10-30(38)37(2)3/h5-14,18-20,34,36H,4,15-17H2,1-3H3/b10-7+,31-24+. The lowest BCUT2D eigenvalue weighted by Crippen LogP contribution is -2.22. The van der Waals surface area contributed by atoms with E-state index >= 15 is 0 Å². The molecule has 4 rings (SSSR count). The number of ether oxygens (including phenoxy) is 1. The summed E-state index contributed by atoms with van der Waals surface area (Å²) in [6.07, 6.45) is 5.78. The normalized spacial score (nSPS) is 12.1. The fourth-order valence-electron chi connectivity index (χ4n) is 4.27. The van der Waals surface area contributed by atoms with Gasteiger partial charge in [0.1, 0.15) is 12.4 Å². The van der Waals surface area contributed by atoms with Crippen LogP contribution in [0.3, 0.4) is 0 Å². The van der Waals surface area contributed by atoms with Crippen LogP contribution in [-0.4, -0.2) is 54.6 Å². The summed E-state index contributed by atoms with van der Waals surface area (Å²) in [6.45, 7) is 3.66. The lowest BCUT2D eigenvalue weighted by atomic mass is 9.91. The maximum absolute atomic E-state index is 13.8. The van der Waals surface area contributed by atoms with E-state index in [1.54, 1.807) is 32.4 Å². The molecule has 2 aromatic heterocycles. The zero-order valence-electron chi connectivity index (χ0n) is 22.3. The van der Waals surface area contributed by atoms with Crippen LogP contribution in [0.15, 0.2) is 79.0 Å². The van der Waals surface area contributed by atoms with Crippen molar-refractivity contribution in [2.75, 3.05) is 33.8 Å². The molecular formula is C31H32ClFN4O2. The highest BCUT2D eigenvalue weighted by Gasteiger charge is 2.18. The number of fused-ring (bicyclic) bond motifs is 1. The van der Waals surface area contributed by atoms with Crippen LogP contribution in [0.4, 0.5) is 4.39 Å². The van der Waals surface area contributed by atoms with Crippen LogP contribution in [0.2, 0.25) is 5.02 Å². The number of H-pyrrole nitrogens is 1. The molecule has 2 heterocycles. The third-order valence-electron chi connectivity index (χ3n) is 6.23. The van der Waals surface area contributed by atoms with Gasteiger partial charge in [-0.1, -0.05) is 48.9 Å². The molecule has 1 amide bonds. The fourth-order valence-corrected chi connectivity index (χ4v) is 4.55. The molecule has 8 heteroatoms. The van der Waals surface area contributed by atoms with Gasteiger partial charge in [-0.05, 0) is 47.9 Å². The number of para-hydroxylation sites is 1. The molecule has 2 N–H and O–H groups in total. The summed E-state index contributed by atoms with van der Waals surface area (Å²) in [5, 5.41) is 4.66. The minimum Gasteiger partial charge on any atom is -0.476 e. The predicted molar refractivity (Wildman–Crippen MR) is 156 cm³/mol. The summed E-state index contributed by atoms with van der Waals surface area (Å²) in [7, 11) is 3.43. The monoisotopic (exact) mass is 546 g/mol. The number of aromatic nitrogens is 2. The second-order valence-electron chi connectivity index (χ2n) is 9.17. The number of nitrogens with zero attached hydrogens (tertiary/aromatic N) is 2. The first-order valence-electron chi connectivity index (χ1n) is 12.8. The van der Waals surface area contributed by atoms with Gasteiger partial charge in [0.15, 0.2) is 0 Å². The van der Waals surface area contributed by atoms with Gasteiger partial charge in [0.2, 0.25) is 11.8 Å². The number of halogens is 2. The Morgan fingerprint density at radius 2 is 1.97 bits per heavy atom. The van der Waals surface area contributed by atoms with E-state index in [0.717, 1.165) is 38.9 Å². The van der Waals surface area contributed by atoms with Gasteiger partial charge in [0, 0.05) is 73.3 Å². The van der Waals surface area contributed by atoms with E-state index in [9.17, 15) is 9.18 Å². The Hall–Kier alpha value is -3.94. The minimum absolute atomic E-state index is 0.0499. The highest BCUT2D eigenvalue weighted by atomic mass is 35.5. The van der Waals surface area contributed by atoms with Gasteiger partial charge in [-0.15, -0.1) is 0 Å². The number of hydrogen-bond acceptors (Lipinski definition) is 4. The van der Waals surface area contributed by atoms with Gasteiger partial charge in [-0.3, -0.25) is 4.79 Å². The summed E-state index contributed by atoms with van der Waals surface area (Å²) < 4.78 is 19.6. The van der Waals surface area contributed by atoms with Crippen molar-refractivity contribution in [1.29, 1.82) is 0 Å². The Balaban J connectivity index is 1.56. The van der Waals surface area contributed by atoms with Crippen molar-refractivity contribution in [1.82, 2.24) is 20.2 Å². The first-order chi connectivity index (χ1) is 18.9. The molecule has 202 valence electrons. The quantitative estimate of drug-likeness (QED) is 0.170. The minimum atomic E-state index is -0.373. The molecule has 0 radical (unpaired) electrons. The molecule has 4 aromatic rings. The van der Waals surface area contributed by atoms with E-state index in [0.29, 0.717) is 37.0 Å². The van der Waals surface area contributed by atoms with E-state index in [4.69, 9.17) is 16.3 Å². The summed E-state index contributed by atoms with van der Waals surface area (Å²) in [4.78, 5) is 21.1. The average molecular weight is 547 g/mol. The van der Waals surface area contributed by atoms with Gasteiger partial charge >= 0.3 is 0 Å². The van der Waals surface area contributed by atoms with Gasteiger partial charge in [0.25, 0.3) is 0 Å². The first-order valence-corrected chi connectivity index (χ1v) is 13.2. The topological polar surface area (TPSA) is 70.2 Å². The summed E-state index contributed by atoms with van der Waals surface area (Å²) in [5.41, 5.74) is 5.54. The smallest absolute Gasteiger partial charge is 0.245 e. The van der Waals surface area contributed by atoms with Crippen LogP contribution in [0.1, 0.15) is 30.2 Å². The molecule has 0 aliphatic rings. The largest absolute Gasteiger partial charge is 0.476 e. The summed E-state index contributed by atoms with van der Waals surface area (Å²) in [5.74, 6) is 0.0842. The van der Waals surface area contributed by atoms with Crippen molar-refractivity contribution in [3.8, 4) is 5.88 Å². The van der Waals surface area contributed by atoms with Gasteiger partial charge < -0.3 is 19.9 Å². The Morgan fingerprint density at radius 1 is 1.15 bits per heavy atom. The van der Waals surface area contributed by atoms with E-state index in [2.05, 4.69) is 34.3 Å². The Morgan fingerprint density at radius 3 is 2.67 bits per heavy atom. The zero-order valence-corrected chi connectivity index (χ0v) is 23.1. The number of carbonyl (C=O) groups excluding carboxylic acids is 1. The SMILES string of the molecule is CC/C(=C(/c1ccc(OCCNC/C=C/C(=O)N(C)C)nc1)c1cc2ccccc2[nH]1)c1ccc(F)cc1Cl. The van der Waals surface area contributed by atoms with Crippen LogP contribution in [0, 0.1) is 5.82 Å². The number of pyridine rings is 1. The lowest BCUT2D eigenvalue weighted by Gasteiger charge is -2.16. The molecule has 0 bridgehead atoms. The summed E-state index contributed by atoms with van der Waals surface area (Å²) in [6, 6.07) is 18.5. The molecule has 0 fully saturated rings. The number of aromatic amines is 1.